The van der Waals surface area contributed by atoms with Gasteiger partial charge >= 0.3 is 0 Å². The van der Waals surface area contributed by atoms with Gasteiger partial charge in [-0.2, -0.15) is 0 Å². The summed E-state index contributed by atoms with van der Waals surface area (Å²) in [5.74, 6) is 0.350. The van der Waals surface area contributed by atoms with Crippen molar-refractivity contribution >= 4 is 23.5 Å². The van der Waals surface area contributed by atoms with Gasteiger partial charge in [0.15, 0.2) is 11.5 Å². The Morgan fingerprint density at radius 2 is 1.84 bits per heavy atom. The van der Waals surface area contributed by atoms with E-state index in [1.54, 1.807) is 36.4 Å². The van der Waals surface area contributed by atoms with E-state index in [4.69, 9.17) is 25.9 Å². The summed E-state index contributed by atoms with van der Waals surface area (Å²) >= 11 is 6.32. The summed E-state index contributed by atoms with van der Waals surface area (Å²) in [4.78, 5) is 15.6. The molecule has 0 aliphatic heterocycles. The topological polar surface area (TPSA) is 83.2 Å². The number of ether oxygens (including phenoxy) is 2. The van der Waals surface area contributed by atoms with E-state index in [0.717, 1.165) is 0 Å². The second-order valence-corrected chi connectivity index (χ2v) is 6.79. The van der Waals surface area contributed by atoms with E-state index in [-0.39, 0.29) is 29.7 Å². The highest BCUT2D eigenvalue weighted by atomic mass is 35.5. The number of nitro groups is 1. The van der Waals surface area contributed by atoms with Crippen molar-refractivity contribution < 1.29 is 23.6 Å². The Morgan fingerprint density at radius 1 is 1.10 bits per heavy atom. The lowest BCUT2D eigenvalue weighted by atomic mass is 10.2. The number of methoxy groups -OCH3 is 1. The summed E-state index contributed by atoms with van der Waals surface area (Å²) in [7, 11) is 1.47. The van der Waals surface area contributed by atoms with Crippen molar-refractivity contribution in [3.05, 3.63) is 98.3 Å². The van der Waals surface area contributed by atoms with Crippen LogP contribution in [0.1, 0.15) is 16.7 Å². The number of nitrogens with zero attached hydrogens (tertiary/aromatic N) is 2. The normalized spacial score (nSPS) is 10.8. The quantitative estimate of drug-likeness (QED) is 0.246. The first-order chi connectivity index (χ1) is 15.0. The molecule has 9 heteroatoms. The summed E-state index contributed by atoms with van der Waals surface area (Å²) < 4.78 is 24.4. The van der Waals surface area contributed by atoms with Crippen molar-refractivity contribution in [1.82, 2.24) is 0 Å². The number of halogens is 2. The van der Waals surface area contributed by atoms with Crippen molar-refractivity contribution in [2.24, 2.45) is 5.16 Å². The van der Waals surface area contributed by atoms with Gasteiger partial charge in [-0.15, -0.1) is 0 Å². The van der Waals surface area contributed by atoms with Crippen molar-refractivity contribution in [1.29, 1.82) is 0 Å². The first kappa shape index (κ1) is 22.0. The molecule has 0 amide bonds. The van der Waals surface area contributed by atoms with Crippen LogP contribution in [0.4, 0.5) is 10.1 Å². The lowest BCUT2D eigenvalue weighted by molar-refractivity contribution is -0.384. The fraction of sp³-hybridized carbons (Fsp3) is 0.136. The van der Waals surface area contributed by atoms with Crippen LogP contribution in [0.5, 0.6) is 11.5 Å². The highest BCUT2D eigenvalue weighted by molar-refractivity contribution is 6.32. The van der Waals surface area contributed by atoms with Gasteiger partial charge in [0, 0.05) is 17.7 Å². The fourth-order valence-electron chi connectivity index (χ4n) is 2.71. The Labute approximate surface area is 182 Å². The Hall–Kier alpha value is -3.65. The largest absolute Gasteiger partial charge is 0.493 e. The standard InChI is InChI=1S/C22H18ClFN2O5/c1-29-21-11-17(12-25-31-14-16-5-3-7-19(9-16)26(27)28)10-20(23)22(21)30-13-15-4-2-6-18(24)8-15/h2-12H,13-14H2,1H3/b25-12-. The molecule has 3 aromatic carbocycles. The van der Waals surface area contributed by atoms with E-state index in [1.807, 2.05) is 0 Å². The van der Waals surface area contributed by atoms with Crippen molar-refractivity contribution in [2.45, 2.75) is 13.2 Å². The van der Waals surface area contributed by atoms with Gasteiger partial charge in [0.1, 0.15) is 19.0 Å². The van der Waals surface area contributed by atoms with Gasteiger partial charge in [0.25, 0.3) is 5.69 Å². The van der Waals surface area contributed by atoms with Crippen molar-refractivity contribution in [3.8, 4) is 11.5 Å². The molecule has 0 unspecified atom stereocenters. The summed E-state index contributed by atoms with van der Waals surface area (Å²) in [6.07, 6.45) is 1.43. The van der Waals surface area contributed by atoms with Crippen LogP contribution in [0.2, 0.25) is 5.02 Å². The predicted molar refractivity (Wildman–Crippen MR) is 114 cm³/mol. The Kier molecular flexibility index (Phi) is 7.40. The zero-order valence-corrected chi connectivity index (χ0v) is 17.2. The van der Waals surface area contributed by atoms with Crippen LogP contribution in [0.25, 0.3) is 0 Å². The molecule has 0 N–H and O–H groups in total. The minimum Gasteiger partial charge on any atom is -0.493 e. The minimum absolute atomic E-state index is 0.0181. The molecule has 0 aliphatic rings. The van der Waals surface area contributed by atoms with E-state index < -0.39 is 4.92 Å². The van der Waals surface area contributed by atoms with Crippen molar-refractivity contribution in [3.63, 3.8) is 0 Å². The molecule has 0 saturated heterocycles. The minimum atomic E-state index is -0.473. The smallest absolute Gasteiger partial charge is 0.269 e. The predicted octanol–water partition coefficient (Wildman–Crippen LogP) is 5.53. The molecule has 0 fully saturated rings. The molecule has 0 atom stereocenters. The lowest BCUT2D eigenvalue weighted by Crippen LogP contribution is -2.00. The average Bonchev–Trinajstić information content (AvgIpc) is 2.76. The van der Waals surface area contributed by atoms with Gasteiger partial charge in [-0.25, -0.2) is 4.39 Å². The van der Waals surface area contributed by atoms with Crippen LogP contribution in [-0.4, -0.2) is 18.2 Å². The number of hydrogen-bond donors (Lipinski definition) is 0. The molecule has 0 aliphatic carbocycles. The van der Waals surface area contributed by atoms with E-state index >= 15 is 0 Å². The first-order valence-electron chi connectivity index (χ1n) is 9.09. The number of hydrogen-bond acceptors (Lipinski definition) is 6. The second kappa shape index (κ2) is 10.4. The number of nitro benzene ring substituents is 1. The molecule has 0 spiro atoms. The van der Waals surface area contributed by atoms with E-state index in [9.17, 15) is 14.5 Å². The molecule has 31 heavy (non-hydrogen) atoms. The van der Waals surface area contributed by atoms with Crippen LogP contribution >= 0.6 is 11.6 Å². The molecule has 0 radical (unpaired) electrons. The summed E-state index contributed by atoms with van der Waals surface area (Å²) in [5, 5.41) is 15.0. The molecular formula is C22H18ClFN2O5. The van der Waals surface area contributed by atoms with Crippen LogP contribution < -0.4 is 9.47 Å². The van der Waals surface area contributed by atoms with Gasteiger partial charge in [-0.3, -0.25) is 10.1 Å². The lowest BCUT2D eigenvalue weighted by Gasteiger charge is -2.13. The number of oxime groups is 1. The molecule has 0 saturated carbocycles. The van der Waals surface area contributed by atoms with Crippen molar-refractivity contribution in [2.75, 3.05) is 7.11 Å². The summed E-state index contributed by atoms with van der Waals surface area (Å²) in [6.45, 7) is 0.186. The maximum atomic E-state index is 13.3. The van der Waals surface area contributed by atoms with Gasteiger partial charge in [0.05, 0.1) is 23.3 Å². The van der Waals surface area contributed by atoms with Crippen LogP contribution in [-0.2, 0) is 18.1 Å². The molecule has 0 bridgehead atoms. The monoisotopic (exact) mass is 444 g/mol. The molecular weight excluding hydrogens is 427 g/mol. The molecule has 0 heterocycles. The fourth-order valence-corrected chi connectivity index (χ4v) is 2.98. The maximum absolute atomic E-state index is 13.3. The van der Waals surface area contributed by atoms with E-state index in [0.29, 0.717) is 28.2 Å². The molecule has 160 valence electrons. The summed E-state index contributed by atoms with van der Waals surface area (Å²) in [6, 6.07) is 15.4. The Bertz CT molecular complexity index is 1110. The maximum Gasteiger partial charge on any atom is 0.269 e. The molecule has 7 nitrogen and oxygen atoms in total. The van der Waals surface area contributed by atoms with Crippen LogP contribution in [0.3, 0.4) is 0 Å². The molecule has 3 aromatic rings. The van der Waals surface area contributed by atoms with Gasteiger partial charge in [0.2, 0.25) is 0 Å². The Morgan fingerprint density at radius 3 is 2.55 bits per heavy atom. The third-order valence-electron chi connectivity index (χ3n) is 4.15. The van der Waals surface area contributed by atoms with E-state index in [1.165, 1.54) is 37.6 Å². The zero-order chi connectivity index (χ0) is 22.2. The molecule has 0 aromatic heterocycles. The van der Waals surface area contributed by atoms with Crippen LogP contribution in [0.15, 0.2) is 65.8 Å². The average molecular weight is 445 g/mol. The highest BCUT2D eigenvalue weighted by Crippen LogP contribution is 2.36. The van der Waals surface area contributed by atoms with Crippen LogP contribution in [0, 0.1) is 15.9 Å². The van der Waals surface area contributed by atoms with Gasteiger partial charge in [-0.1, -0.05) is 41.0 Å². The molecule has 3 rings (SSSR count). The third kappa shape index (κ3) is 6.16. The first-order valence-corrected chi connectivity index (χ1v) is 9.47. The second-order valence-electron chi connectivity index (χ2n) is 6.39. The number of non-ortho nitro benzene ring substituents is 1. The number of benzene rings is 3. The highest BCUT2D eigenvalue weighted by Gasteiger charge is 2.12. The summed E-state index contributed by atoms with van der Waals surface area (Å²) in [5.41, 5.74) is 1.84. The van der Waals surface area contributed by atoms with Gasteiger partial charge in [-0.05, 0) is 35.4 Å². The van der Waals surface area contributed by atoms with E-state index in [2.05, 4.69) is 5.16 Å². The zero-order valence-electron chi connectivity index (χ0n) is 16.5. The third-order valence-corrected chi connectivity index (χ3v) is 4.43. The Balaban J connectivity index is 1.65. The number of rotatable bonds is 9. The SMILES string of the molecule is COc1cc(/C=N\OCc2cccc([N+](=O)[O-])c2)cc(Cl)c1OCc1cccc(F)c1. The van der Waals surface area contributed by atoms with Gasteiger partial charge < -0.3 is 14.3 Å².